The van der Waals surface area contributed by atoms with E-state index in [0.717, 1.165) is 0 Å². The second-order valence-corrected chi connectivity index (χ2v) is 8.17. The van der Waals surface area contributed by atoms with E-state index < -0.39 is 17.8 Å². The summed E-state index contributed by atoms with van der Waals surface area (Å²) in [7, 11) is 1.42. The lowest BCUT2D eigenvalue weighted by atomic mass is 10.1. The van der Waals surface area contributed by atoms with Crippen molar-refractivity contribution in [3.05, 3.63) is 52.9 Å². The third kappa shape index (κ3) is 4.98. The first kappa shape index (κ1) is 25.4. The fraction of sp³-hybridized carbons (Fsp3) is 0.261. The van der Waals surface area contributed by atoms with Crippen LogP contribution in [-0.2, 0) is 0 Å². The number of nitrogens with zero attached hydrogens (tertiary/aromatic N) is 2. The largest absolute Gasteiger partial charge is 0.496 e. The van der Waals surface area contributed by atoms with Gasteiger partial charge in [-0.2, -0.15) is 0 Å². The van der Waals surface area contributed by atoms with Crippen LogP contribution in [0, 0.1) is 5.82 Å². The lowest BCUT2D eigenvalue weighted by molar-refractivity contribution is 0.0997. The van der Waals surface area contributed by atoms with E-state index in [0.29, 0.717) is 35.5 Å². The number of methoxy groups -OCH3 is 1. The van der Waals surface area contributed by atoms with Crippen molar-refractivity contribution in [3.63, 3.8) is 0 Å². The molecule has 2 heterocycles. The Balaban J connectivity index is 0.00000324. The first-order valence-corrected chi connectivity index (χ1v) is 10.7. The van der Waals surface area contributed by atoms with Gasteiger partial charge in [-0.1, -0.05) is 19.0 Å². The number of fused-ring (bicyclic) bond motifs is 1. The molecule has 8 nitrogen and oxygen atoms in total. The summed E-state index contributed by atoms with van der Waals surface area (Å²) in [6, 6.07) is 7.52. The summed E-state index contributed by atoms with van der Waals surface area (Å²) in [4.78, 5) is 17.8. The number of carbonyl (C=O) groups excluding carboxylic acids is 1. The second-order valence-electron chi connectivity index (χ2n) is 7.40. The number of rotatable bonds is 5. The summed E-state index contributed by atoms with van der Waals surface area (Å²) in [5.74, 6) is -1.08. The van der Waals surface area contributed by atoms with E-state index >= 15 is 4.39 Å². The van der Waals surface area contributed by atoms with Crippen LogP contribution in [0.25, 0.3) is 10.9 Å². The highest BCUT2D eigenvalue weighted by atomic mass is 35.5. The number of aliphatic hydroxyl groups excluding tert-OH is 1. The minimum Gasteiger partial charge on any atom is -0.496 e. The van der Waals surface area contributed by atoms with Gasteiger partial charge in [0, 0.05) is 30.7 Å². The molecule has 4 rings (SSSR count). The van der Waals surface area contributed by atoms with Crippen molar-refractivity contribution in [2.75, 3.05) is 25.5 Å². The number of amides is 1. The van der Waals surface area contributed by atoms with Gasteiger partial charge in [0.05, 0.1) is 30.0 Å². The maximum absolute atomic E-state index is 15.1. The van der Waals surface area contributed by atoms with E-state index in [2.05, 4.69) is 10.3 Å². The molecule has 11 heteroatoms. The van der Waals surface area contributed by atoms with Crippen molar-refractivity contribution in [3.8, 4) is 17.2 Å². The van der Waals surface area contributed by atoms with E-state index in [1.165, 1.54) is 31.5 Å². The normalized spacial score (nSPS) is 15.1. The van der Waals surface area contributed by atoms with Crippen LogP contribution in [0.1, 0.15) is 24.2 Å². The smallest absolute Gasteiger partial charge is 0.252 e. The summed E-state index contributed by atoms with van der Waals surface area (Å²) in [5, 5.41) is 13.2. The molecule has 1 saturated heterocycles. The van der Waals surface area contributed by atoms with Crippen LogP contribution in [0.4, 0.5) is 10.1 Å². The van der Waals surface area contributed by atoms with Crippen molar-refractivity contribution < 1.29 is 23.8 Å². The number of anilines is 1. The van der Waals surface area contributed by atoms with Crippen LogP contribution in [0.3, 0.4) is 0 Å². The number of hydrogen-bond acceptors (Lipinski definition) is 6. The molecular weight excluding hydrogens is 483 g/mol. The number of primary amides is 1. The van der Waals surface area contributed by atoms with Gasteiger partial charge in [-0.15, -0.1) is 0 Å². The number of thiocarbonyl (C=S) groups is 1. The number of hydrogen-bond donors (Lipinski definition) is 3. The molecule has 2 aromatic carbocycles. The number of halogens is 2. The molecule has 1 atom stereocenters. The Morgan fingerprint density at radius 1 is 1.32 bits per heavy atom. The fourth-order valence-electron chi connectivity index (χ4n) is 3.54. The molecule has 1 aromatic heterocycles. The molecule has 3 aromatic rings. The molecular formula is C23H24ClFN4O4S. The topological polar surface area (TPSA) is 110 Å². The summed E-state index contributed by atoms with van der Waals surface area (Å²) in [6.07, 6.45) is 1.65. The first-order chi connectivity index (χ1) is 15.8. The summed E-state index contributed by atoms with van der Waals surface area (Å²) in [6.45, 7) is 1.00. The van der Waals surface area contributed by atoms with Gasteiger partial charge in [0.1, 0.15) is 16.5 Å². The second kappa shape index (κ2) is 10.4. The van der Waals surface area contributed by atoms with Gasteiger partial charge >= 0.3 is 0 Å². The highest BCUT2D eigenvalue weighted by Gasteiger charge is 2.23. The van der Waals surface area contributed by atoms with E-state index in [-0.39, 0.29) is 40.9 Å². The zero-order valence-electron chi connectivity index (χ0n) is 17.5. The van der Waals surface area contributed by atoms with Gasteiger partial charge in [-0.3, -0.25) is 9.78 Å². The van der Waals surface area contributed by atoms with Crippen molar-refractivity contribution in [1.29, 1.82) is 0 Å². The molecule has 0 spiro atoms. The zero-order valence-corrected chi connectivity index (χ0v) is 19.0. The number of benzene rings is 2. The molecule has 180 valence electrons. The predicted octanol–water partition coefficient (Wildman–Crippen LogP) is 4.33. The number of likely N-dealkylation sites (tertiary alicyclic amines) is 1. The Bertz CT molecular complexity index is 1260. The summed E-state index contributed by atoms with van der Waals surface area (Å²) >= 11 is 11.6. The van der Waals surface area contributed by atoms with E-state index in [1.807, 2.05) is 0 Å². The minimum atomic E-state index is -0.792. The van der Waals surface area contributed by atoms with E-state index in [4.69, 9.17) is 39.0 Å². The third-order valence-corrected chi connectivity index (χ3v) is 5.98. The van der Waals surface area contributed by atoms with Crippen molar-refractivity contribution >= 4 is 51.4 Å². The van der Waals surface area contributed by atoms with Gasteiger partial charge in [0.25, 0.3) is 5.91 Å². The number of β-amino-alcohol motifs (C(OH)–C–C–N with tert-alkyl or cyclic N) is 1. The number of carbonyl (C=O) groups is 1. The Labute approximate surface area is 206 Å². The minimum absolute atomic E-state index is 0. The molecule has 0 radical (unpaired) electrons. The molecule has 0 bridgehead atoms. The van der Waals surface area contributed by atoms with Crippen LogP contribution in [0.5, 0.6) is 17.2 Å². The summed E-state index contributed by atoms with van der Waals surface area (Å²) < 4.78 is 26.1. The van der Waals surface area contributed by atoms with Crippen molar-refractivity contribution in [2.45, 2.75) is 20.0 Å². The third-order valence-electron chi connectivity index (χ3n) is 5.25. The Morgan fingerprint density at radius 3 is 2.74 bits per heavy atom. The summed E-state index contributed by atoms with van der Waals surface area (Å²) in [5.41, 5.74) is 6.33. The molecule has 0 saturated carbocycles. The maximum Gasteiger partial charge on any atom is 0.252 e. The van der Waals surface area contributed by atoms with E-state index in [1.54, 1.807) is 17.0 Å². The molecule has 1 amide bonds. The fourth-order valence-corrected chi connectivity index (χ4v) is 4.02. The Kier molecular flexibility index (Phi) is 7.75. The average Bonchev–Trinajstić information content (AvgIpc) is 3.24. The first-order valence-electron chi connectivity index (χ1n) is 9.95. The highest BCUT2D eigenvalue weighted by molar-refractivity contribution is 7.80. The predicted molar refractivity (Wildman–Crippen MR) is 133 cm³/mol. The molecule has 34 heavy (non-hydrogen) atoms. The van der Waals surface area contributed by atoms with Gasteiger partial charge in [0.2, 0.25) is 0 Å². The number of ether oxygens (including phenoxy) is 2. The lowest BCUT2D eigenvalue weighted by Crippen LogP contribution is -2.33. The molecule has 1 aliphatic rings. The highest BCUT2D eigenvalue weighted by Crippen LogP contribution is 2.37. The van der Waals surface area contributed by atoms with Crippen LogP contribution < -0.4 is 20.5 Å². The molecule has 4 N–H and O–H groups in total. The van der Waals surface area contributed by atoms with Crippen LogP contribution >= 0.6 is 23.8 Å². The number of aromatic nitrogens is 1. The van der Waals surface area contributed by atoms with Gasteiger partial charge < -0.3 is 30.5 Å². The van der Waals surface area contributed by atoms with Crippen LogP contribution in [0.2, 0.25) is 5.02 Å². The standard InChI is InChI=1S/C22H20ClFN4O4S.CH4/c1-31-18-9-15-12(8-13(18)21(25)30)16(4-6-26-15)32-17-3-2-14(19(23)20(17)24)27-22(33)28-7-5-11(29)10-28;/h2-4,6,8-9,11,29H,5,7,10H2,1H3,(H2,25,30)(H,27,33);1H4/t11-;/m0./s1. The quantitative estimate of drug-likeness (QED) is 0.439. The molecule has 1 aliphatic heterocycles. The lowest BCUT2D eigenvalue weighted by Gasteiger charge is -2.21. The van der Waals surface area contributed by atoms with Gasteiger partial charge in [0.15, 0.2) is 16.7 Å². The van der Waals surface area contributed by atoms with Crippen molar-refractivity contribution in [2.24, 2.45) is 5.73 Å². The van der Waals surface area contributed by atoms with Gasteiger partial charge in [-0.25, -0.2) is 4.39 Å². The van der Waals surface area contributed by atoms with Crippen molar-refractivity contribution in [1.82, 2.24) is 9.88 Å². The number of pyridine rings is 1. The monoisotopic (exact) mass is 506 g/mol. The average molecular weight is 507 g/mol. The van der Waals surface area contributed by atoms with E-state index in [9.17, 15) is 9.90 Å². The zero-order chi connectivity index (χ0) is 23.7. The van der Waals surface area contributed by atoms with Crippen LogP contribution in [0.15, 0.2) is 36.5 Å². The number of nitrogens with one attached hydrogen (secondary N) is 1. The molecule has 1 fully saturated rings. The SMILES string of the molecule is C.COc1cc2nccc(Oc3ccc(NC(=S)N4CC[C@H](O)C4)c(Cl)c3F)c2cc1C(N)=O. The van der Waals surface area contributed by atoms with Gasteiger partial charge in [-0.05, 0) is 42.9 Å². The Hall–Kier alpha value is -3.21. The molecule has 0 aliphatic carbocycles. The number of nitrogens with two attached hydrogens (primary N) is 1. The molecule has 0 unspecified atom stereocenters. The number of aliphatic hydroxyl groups is 1. The van der Waals surface area contributed by atoms with Crippen LogP contribution in [-0.4, -0.2) is 52.3 Å². The Morgan fingerprint density at radius 2 is 2.09 bits per heavy atom. The maximum atomic E-state index is 15.1.